The van der Waals surface area contributed by atoms with Crippen LogP contribution >= 0.6 is 0 Å². The van der Waals surface area contributed by atoms with E-state index in [9.17, 15) is 9.59 Å². The van der Waals surface area contributed by atoms with Crippen LogP contribution in [0.2, 0.25) is 0 Å². The van der Waals surface area contributed by atoms with Crippen molar-refractivity contribution in [1.82, 2.24) is 10.6 Å². The molecule has 0 saturated carbocycles. The summed E-state index contributed by atoms with van der Waals surface area (Å²) < 4.78 is 11.8. The van der Waals surface area contributed by atoms with Gasteiger partial charge in [0, 0.05) is 19.0 Å². The number of ether oxygens (including phenoxy) is 1. The molecule has 0 bridgehead atoms. The summed E-state index contributed by atoms with van der Waals surface area (Å²) in [4.78, 5) is 22.4. The molecule has 6 nitrogen and oxygen atoms in total. The van der Waals surface area contributed by atoms with Gasteiger partial charge < -0.3 is 20.5 Å². The van der Waals surface area contributed by atoms with Crippen molar-refractivity contribution in [3.05, 3.63) is 0 Å². The van der Waals surface area contributed by atoms with Crippen LogP contribution in [0.5, 0.6) is 0 Å². The van der Waals surface area contributed by atoms with E-state index in [1.54, 1.807) is 0 Å². The van der Waals surface area contributed by atoms with E-state index < -0.39 is 5.97 Å². The molecule has 6 heteroatoms. The van der Waals surface area contributed by atoms with Crippen LogP contribution in [0.25, 0.3) is 0 Å². The first-order chi connectivity index (χ1) is 8.78. The van der Waals surface area contributed by atoms with E-state index in [2.05, 4.69) is 15.7 Å². The monoisotopic (exact) mass is 261 g/mol. The largest absolute Gasteiger partial charge is 0.464 e. The van der Waals surface area contributed by atoms with E-state index in [4.69, 9.17) is 6.17 Å². The van der Waals surface area contributed by atoms with Gasteiger partial charge in [-0.15, -0.1) is 0 Å². The molecular weight excluding hydrogens is 236 g/mol. The minimum Gasteiger partial charge on any atom is -0.464 e. The molecule has 0 unspecified atom stereocenters. The van der Waals surface area contributed by atoms with E-state index in [1.807, 2.05) is 20.8 Å². The van der Waals surface area contributed by atoms with Gasteiger partial charge in [-0.1, -0.05) is 0 Å². The van der Waals surface area contributed by atoms with Crippen molar-refractivity contribution in [2.45, 2.75) is 45.2 Å². The Morgan fingerprint density at radius 2 is 2.06 bits per heavy atom. The smallest absolute Gasteiger partial charge is 0.306 e. The van der Waals surface area contributed by atoms with E-state index in [0.717, 1.165) is 0 Å². The molecule has 106 valence electrons. The fourth-order valence-electron chi connectivity index (χ4n) is 1.35. The first kappa shape index (κ1) is 14.9. The topological polar surface area (TPSA) is 87.7 Å². The first-order valence-corrected chi connectivity index (χ1v) is 6.00. The van der Waals surface area contributed by atoms with Crippen LogP contribution in [-0.4, -0.2) is 50.3 Å². The summed E-state index contributed by atoms with van der Waals surface area (Å²) in [6.45, 7) is 6.15. The first-order valence-electron chi connectivity index (χ1n) is 6.41. The van der Waals surface area contributed by atoms with Crippen molar-refractivity contribution in [3.8, 4) is 0 Å². The lowest BCUT2D eigenvalue weighted by molar-refractivity contribution is -0.146. The molecule has 0 aliphatic rings. The second-order valence-electron chi connectivity index (χ2n) is 5.11. The van der Waals surface area contributed by atoms with Crippen LogP contribution in [0.3, 0.4) is 0 Å². The van der Waals surface area contributed by atoms with Crippen molar-refractivity contribution >= 4 is 11.9 Å². The molecular formula is C12H24N2O4. The highest BCUT2D eigenvalue weighted by molar-refractivity contribution is 5.80. The van der Waals surface area contributed by atoms with E-state index in [0.29, 0.717) is 0 Å². The number of carbonyl (C=O) groups excluding carboxylic acids is 2. The lowest BCUT2D eigenvalue weighted by Crippen LogP contribution is -2.48. The number of aliphatic hydroxyl groups excluding tert-OH is 1. The Morgan fingerprint density at radius 1 is 1.39 bits per heavy atom. The Hall–Kier alpha value is -1.14. The van der Waals surface area contributed by atoms with Crippen molar-refractivity contribution in [2.24, 2.45) is 0 Å². The summed E-state index contributed by atoms with van der Waals surface area (Å²) in [5.74, 6) is -0.634. The Balaban J connectivity index is 4.03. The second kappa shape index (κ2) is 8.05. The number of hydrogen-bond acceptors (Lipinski definition) is 5. The molecule has 0 aliphatic heterocycles. The molecule has 1 amide bonds. The summed E-state index contributed by atoms with van der Waals surface area (Å²) in [6, 6.07) is -0.249. The Kier molecular flexibility index (Phi) is 6.67. The van der Waals surface area contributed by atoms with Crippen LogP contribution in [0.1, 0.15) is 33.6 Å². The number of amides is 1. The van der Waals surface area contributed by atoms with Crippen LogP contribution < -0.4 is 10.6 Å². The number of aliphatic hydroxyl groups is 1. The molecule has 0 aromatic heterocycles. The predicted molar refractivity (Wildman–Crippen MR) is 68.0 cm³/mol. The highest BCUT2D eigenvalue weighted by atomic mass is 16.5. The summed E-state index contributed by atoms with van der Waals surface area (Å²) in [6.07, 6.45) is 0.158. The van der Waals surface area contributed by atoms with Crippen molar-refractivity contribution < 1.29 is 19.4 Å². The van der Waals surface area contributed by atoms with Gasteiger partial charge in [0.1, 0.15) is 6.61 Å². The van der Waals surface area contributed by atoms with E-state index >= 15 is 0 Å². The average molecular weight is 261 g/mol. The van der Waals surface area contributed by atoms with Gasteiger partial charge in [-0.25, -0.2) is 0 Å². The standard InChI is InChI=1S/C12H24N2O4/c1-12(2,3)14-9(7-15)8-18-11(17)6-5-10(16)13-4/h9,14-15H,5-8H2,1-4H3,(H,13,16)/t9-/m0/s1/i15D. The maximum absolute atomic E-state index is 11.4. The number of carbonyl (C=O) groups is 2. The van der Waals surface area contributed by atoms with E-state index in [1.165, 1.54) is 7.05 Å². The number of esters is 1. The molecule has 3 N–H and O–H groups in total. The minimum atomic E-state index is -0.436. The normalized spacial score (nSPS) is 13.7. The number of rotatable bonds is 8. The Morgan fingerprint density at radius 3 is 2.56 bits per heavy atom. The lowest BCUT2D eigenvalue weighted by Gasteiger charge is -2.27. The summed E-state index contributed by atoms with van der Waals surface area (Å²) >= 11 is 0. The van der Waals surface area contributed by atoms with Gasteiger partial charge in [0.2, 0.25) is 7.34 Å². The quantitative estimate of drug-likeness (QED) is 0.527. The van der Waals surface area contributed by atoms with E-state index in [-0.39, 0.29) is 43.5 Å². The molecule has 0 heterocycles. The Bertz CT molecular complexity index is 292. The highest BCUT2D eigenvalue weighted by Gasteiger charge is 2.18. The zero-order valence-corrected chi connectivity index (χ0v) is 11.5. The third-order valence-corrected chi connectivity index (χ3v) is 2.12. The second-order valence-corrected chi connectivity index (χ2v) is 5.11. The maximum Gasteiger partial charge on any atom is 0.306 e. The Labute approximate surface area is 110 Å². The molecule has 0 rings (SSSR count). The fourth-order valence-corrected chi connectivity index (χ4v) is 1.35. The number of hydrogen-bond donors (Lipinski definition) is 3. The van der Waals surface area contributed by atoms with Crippen molar-refractivity contribution in [2.75, 3.05) is 20.3 Å². The SMILES string of the molecule is [2H]OC[C@@H](COC(=O)CCC(=O)NC)NC(C)(C)C. The number of nitrogens with one attached hydrogen (secondary N) is 2. The van der Waals surface area contributed by atoms with Gasteiger partial charge in [0.05, 0.1) is 19.1 Å². The fraction of sp³-hybridized carbons (Fsp3) is 0.833. The minimum absolute atomic E-state index is 0.0453. The van der Waals surface area contributed by atoms with Crippen LogP contribution in [-0.2, 0) is 14.3 Å². The average Bonchev–Trinajstić information content (AvgIpc) is 2.31. The van der Waals surface area contributed by atoms with Crippen LogP contribution in [0.4, 0.5) is 0 Å². The van der Waals surface area contributed by atoms with Crippen molar-refractivity contribution in [3.63, 3.8) is 0 Å². The molecule has 0 aliphatic carbocycles. The van der Waals surface area contributed by atoms with Crippen molar-refractivity contribution in [1.29, 1.82) is 1.43 Å². The maximum atomic E-state index is 11.4. The molecule has 0 aromatic carbocycles. The zero-order chi connectivity index (χ0) is 14.9. The molecule has 1 atom stereocenters. The molecule has 0 spiro atoms. The van der Waals surface area contributed by atoms with Gasteiger partial charge in [-0.3, -0.25) is 9.59 Å². The summed E-state index contributed by atoms with van der Waals surface area (Å²) in [5, 5.41) is 9.95. The summed E-state index contributed by atoms with van der Waals surface area (Å²) in [5.41, 5.74) is -0.169. The highest BCUT2D eigenvalue weighted by Crippen LogP contribution is 2.02. The predicted octanol–water partition coefficient (Wildman–Crippen LogP) is -0.195. The molecule has 0 saturated heterocycles. The molecule has 0 aromatic rings. The van der Waals surface area contributed by atoms with Gasteiger partial charge in [0.25, 0.3) is 0 Å². The third-order valence-electron chi connectivity index (χ3n) is 2.12. The molecule has 0 fully saturated rings. The molecule has 0 radical (unpaired) electrons. The van der Waals surface area contributed by atoms with Gasteiger partial charge in [0.15, 0.2) is 0 Å². The lowest BCUT2D eigenvalue weighted by atomic mass is 10.1. The molecule has 18 heavy (non-hydrogen) atoms. The van der Waals surface area contributed by atoms with Crippen LogP contribution in [0.15, 0.2) is 0 Å². The summed E-state index contributed by atoms with van der Waals surface area (Å²) in [7, 11) is 1.52. The van der Waals surface area contributed by atoms with Crippen LogP contribution in [0, 0.1) is 0 Å². The van der Waals surface area contributed by atoms with Gasteiger partial charge >= 0.3 is 5.97 Å². The zero-order valence-electron chi connectivity index (χ0n) is 12.5. The van der Waals surface area contributed by atoms with Gasteiger partial charge in [-0.2, -0.15) is 0 Å². The third kappa shape index (κ3) is 8.95. The van der Waals surface area contributed by atoms with Gasteiger partial charge in [-0.05, 0) is 20.8 Å².